The van der Waals surface area contributed by atoms with E-state index in [4.69, 9.17) is 47.4 Å². The first kappa shape index (κ1) is 60.7. The Labute approximate surface area is 420 Å². The van der Waals surface area contributed by atoms with Crippen molar-refractivity contribution in [3.05, 3.63) is 70.1 Å². The van der Waals surface area contributed by atoms with E-state index in [-0.39, 0.29) is 30.8 Å². The zero-order chi connectivity index (χ0) is 53.3. The van der Waals surface area contributed by atoms with Crippen LogP contribution in [-0.2, 0) is 52.2 Å². The number of esters is 1. The number of methoxy groups -OCH3 is 4. The summed E-state index contributed by atoms with van der Waals surface area (Å²) in [6.07, 6.45) is -3.71. The molecule has 18 heteroatoms. The number of ether oxygens (including phenoxy) is 10. The van der Waals surface area contributed by atoms with Crippen LogP contribution < -0.4 is 0 Å². The molecule has 7 N–H and O–H groups in total. The van der Waals surface area contributed by atoms with Crippen molar-refractivity contribution >= 4 is 5.97 Å². The fourth-order valence-electron chi connectivity index (χ4n) is 10.1. The summed E-state index contributed by atoms with van der Waals surface area (Å²) in [6.45, 7) is 19.5. The fraction of sp³-hybridized carbons (Fsp3) is 0.755. The van der Waals surface area contributed by atoms with E-state index in [1.807, 2.05) is 58.9 Å². The first-order chi connectivity index (χ1) is 33.2. The van der Waals surface area contributed by atoms with Crippen LogP contribution in [0.5, 0.6) is 0 Å². The average molecular weight is 1010 g/mol. The highest BCUT2D eigenvalue weighted by molar-refractivity contribution is 5.88. The first-order valence-electron chi connectivity index (χ1n) is 24.8. The molecule has 0 bridgehead atoms. The Morgan fingerprint density at radius 3 is 2.08 bits per heavy atom. The van der Waals surface area contributed by atoms with E-state index in [9.17, 15) is 40.5 Å². The molecule has 0 aromatic heterocycles. The molecule has 0 aromatic rings. The molecule has 3 fully saturated rings. The van der Waals surface area contributed by atoms with Crippen molar-refractivity contribution in [3.8, 4) is 0 Å². The summed E-state index contributed by atoms with van der Waals surface area (Å²) in [5.41, 5.74) is 0.283. The Morgan fingerprint density at radius 2 is 1.48 bits per heavy atom. The van der Waals surface area contributed by atoms with E-state index < -0.39 is 115 Å². The molecule has 19 atom stereocenters. The molecule has 10 unspecified atom stereocenters. The maximum Gasteiger partial charge on any atom is 0.334 e. The number of hydrogen-bond donors (Lipinski definition) is 7. The lowest BCUT2D eigenvalue weighted by Gasteiger charge is -2.57. The Bertz CT molecular complexity index is 1940. The predicted molar refractivity (Wildman–Crippen MR) is 262 cm³/mol. The van der Waals surface area contributed by atoms with Gasteiger partial charge in [0, 0.05) is 52.3 Å². The number of rotatable bonds is 13. The van der Waals surface area contributed by atoms with Gasteiger partial charge in [0.2, 0.25) is 5.79 Å². The largest absolute Gasteiger partial charge is 0.497 e. The van der Waals surface area contributed by atoms with Crippen LogP contribution in [-0.4, -0.2) is 180 Å². The molecule has 0 saturated carbocycles. The summed E-state index contributed by atoms with van der Waals surface area (Å²) in [7, 11) is 5.89. The van der Waals surface area contributed by atoms with E-state index >= 15 is 0 Å². The summed E-state index contributed by atoms with van der Waals surface area (Å²) in [6, 6.07) is 0. The number of carbonyl (C=O) groups excluding carboxylic acids is 1. The normalized spacial score (nSPS) is 45.7. The highest BCUT2D eigenvalue weighted by atomic mass is 16.7. The molecule has 4 aliphatic rings. The van der Waals surface area contributed by atoms with Crippen molar-refractivity contribution in [1.29, 1.82) is 0 Å². The van der Waals surface area contributed by atoms with Crippen LogP contribution in [0.4, 0.5) is 0 Å². The van der Waals surface area contributed by atoms with Gasteiger partial charge >= 0.3 is 5.97 Å². The molecule has 0 amide bonds. The van der Waals surface area contributed by atoms with Gasteiger partial charge in [0.15, 0.2) is 12.6 Å². The van der Waals surface area contributed by atoms with Crippen molar-refractivity contribution in [3.63, 3.8) is 0 Å². The highest BCUT2D eigenvalue weighted by Crippen LogP contribution is 2.47. The van der Waals surface area contributed by atoms with Gasteiger partial charge in [-0.3, -0.25) is 0 Å². The summed E-state index contributed by atoms with van der Waals surface area (Å²) < 4.78 is 60.9. The molecule has 4 heterocycles. The molecule has 3 saturated heterocycles. The number of hydrogen-bond acceptors (Lipinski definition) is 18. The maximum atomic E-state index is 14.3. The van der Waals surface area contributed by atoms with Crippen LogP contribution >= 0.6 is 0 Å². The van der Waals surface area contributed by atoms with Gasteiger partial charge in [-0.05, 0) is 99.3 Å². The molecule has 71 heavy (non-hydrogen) atoms. The number of aliphatic hydroxyl groups is 7. The van der Waals surface area contributed by atoms with Gasteiger partial charge in [-0.25, -0.2) is 4.79 Å². The van der Waals surface area contributed by atoms with E-state index in [0.717, 1.165) is 22.3 Å². The smallest absolute Gasteiger partial charge is 0.334 e. The molecule has 4 rings (SSSR count). The van der Waals surface area contributed by atoms with Crippen LogP contribution in [0.25, 0.3) is 0 Å². The first-order valence-corrected chi connectivity index (χ1v) is 24.8. The standard InChI is InChI=1S/C53H86O18/c1-28-18-19-37(63-13)26-39(34(7)53(61)48(65-15)47(58)52(11,40(70-53)17-16-20-62-12)71-41-27-51(10,60)46(57)36(9)66-41)68-49(59)33(6)25-38(64-14)24-30(3)23-32(5)45(31(4)22-29(2)21-28)69-50-44(56)43(55)42(54)35(8)67-50/h18,21-25,32,34-37,39-48,50,54-58,60-61H,16-17,19-20,26-27H2,1-15H3/b28-18+,29-21+,30-23+,31-22+,33-25+,38-24-/t32?,34?,35-,36+,37?,39?,40?,41-,42-,43+,44-,45?,46+,47?,48?,50-,51+,52?,53?/m0/s1. The van der Waals surface area contributed by atoms with Crippen LogP contribution in [0.2, 0.25) is 0 Å². The van der Waals surface area contributed by atoms with Gasteiger partial charge in [0.25, 0.3) is 0 Å². The van der Waals surface area contributed by atoms with Gasteiger partial charge < -0.3 is 83.1 Å². The van der Waals surface area contributed by atoms with E-state index in [0.29, 0.717) is 25.2 Å². The summed E-state index contributed by atoms with van der Waals surface area (Å²) in [5.74, 6) is -4.14. The fourth-order valence-corrected chi connectivity index (χ4v) is 10.1. The monoisotopic (exact) mass is 1010 g/mol. The number of cyclic esters (lactones) is 1. The molecule has 0 spiro atoms. The topological polar surface area (TPSA) is 251 Å². The quantitative estimate of drug-likeness (QED) is 0.1000. The minimum absolute atomic E-state index is 0.0683. The molecule has 0 aliphatic carbocycles. The van der Waals surface area contributed by atoms with Crippen LogP contribution in [0, 0.1) is 11.8 Å². The van der Waals surface area contributed by atoms with E-state index in [2.05, 4.69) is 0 Å². The average Bonchev–Trinajstić information content (AvgIpc) is 3.29. The molecule has 0 radical (unpaired) electrons. The van der Waals surface area contributed by atoms with Gasteiger partial charge in [-0.1, -0.05) is 54.9 Å². The summed E-state index contributed by atoms with van der Waals surface area (Å²) >= 11 is 0. The Kier molecular flexibility index (Phi) is 22.3. The van der Waals surface area contributed by atoms with E-state index in [1.165, 1.54) is 27.2 Å². The lowest BCUT2D eigenvalue weighted by atomic mass is 9.75. The molecule has 18 nitrogen and oxygen atoms in total. The second kappa shape index (κ2) is 26.1. The molecular formula is C53H86O18. The van der Waals surface area contributed by atoms with Gasteiger partial charge in [0.1, 0.15) is 54.1 Å². The van der Waals surface area contributed by atoms with Gasteiger partial charge in [0.05, 0.1) is 49.1 Å². The molecular weight excluding hydrogens is 925 g/mol. The Hall–Kier alpha value is -2.89. The van der Waals surface area contributed by atoms with Gasteiger partial charge in [-0.2, -0.15) is 0 Å². The van der Waals surface area contributed by atoms with Crippen molar-refractivity contribution in [2.45, 2.75) is 211 Å². The molecule has 0 aromatic carbocycles. The minimum Gasteiger partial charge on any atom is -0.497 e. The Balaban J connectivity index is 1.78. The lowest BCUT2D eigenvalue weighted by molar-refractivity contribution is -0.417. The van der Waals surface area contributed by atoms with E-state index in [1.54, 1.807) is 54.9 Å². The third-order valence-corrected chi connectivity index (χ3v) is 14.5. The van der Waals surface area contributed by atoms with Crippen molar-refractivity contribution in [1.82, 2.24) is 0 Å². The van der Waals surface area contributed by atoms with Crippen molar-refractivity contribution in [2.24, 2.45) is 11.8 Å². The predicted octanol–water partition coefficient (Wildman–Crippen LogP) is 4.37. The maximum absolute atomic E-state index is 14.3. The highest BCUT2D eigenvalue weighted by Gasteiger charge is 2.64. The third kappa shape index (κ3) is 14.9. The zero-order valence-electron chi connectivity index (χ0n) is 44.6. The van der Waals surface area contributed by atoms with Crippen LogP contribution in [0.1, 0.15) is 108 Å². The number of allylic oxidation sites excluding steroid dienone is 7. The zero-order valence-corrected chi connectivity index (χ0v) is 44.6. The summed E-state index contributed by atoms with van der Waals surface area (Å²) in [4.78, 5) is 14.3. The Morgan fingerprint density at radius 1 is 0.803 bits per heavy atom. The number of aliphatic hydroxyl groups excluding tert-OH is 5. The summed E-state index contributed by atoms with van der Waals surface area (Å²) in [5, 5.41) is 78.8. The SMILES string of the molecule is COCCCC1OC(O)(C(C)C2CC(OC)C/C=C(C)/C=C(C)/C=C(\C)C(O[C@@H]3O[C@@H](C)[C@H](O)[C@@H](O)[C@@H]3O)C(C)/C=C(C)/C=C(OC)/C=C(\C)C(=O)O2)C(OC)C(O)C1(C)O[C@H]1C[C@@](C)(O)[C@H](O)[C@@H](C)O1. The van der Waals surface area contributed by atoms with Crippen LogP contribution in [0.15, 0.2) is 70.1 Å². The third-order valence-electron chi connectivity index (χ3n) is 14.5. The van der Waals surface area contributed by atoms with Crippen LogP contribution in [0.3, 0.4) is 0 Å². The minimum atomic E-state index is -2.31. The number of carbonyl (C=O) groups is 1. The van der Waals surface area contributed by atoms with Crippen molar-refractivity contribution < 1.29 is 87.9 Å². The second-order valence-corrected chi connectivity index (χ2v) is 20.5. The molecule has 406 valence electrons. The van der Waals surface area contributed by atoms with Gasteiger partial charge in [-0.15, -0.1) is 0 Å². The lowest BCUT2D eigenvalue weighted by Crippen LogP contribution is -2.74. The second-order valence-electron chi connectivity index (χ2n) is 20.5. The van der Waals surface area contributed by atoms with Crippen molar-refractivity contribution in [2.75, 3.05) is 35.0 Å². The molecule has 4 aliphatic heterocycles.